The lowest BCUT2D eigenvalue weighted by molar-refractivity contribution is 0.394. The molecule has 0 saturated heterocycles. The van der Waals surface area contributed by atoms with E-state index in [0.717, 1.165) is 22.9 Å². The van der Waals surface area contributed by atoms with Gasteiger partial charge in [-0.15, -0.1) is 0 Å². The van der Waals surface area contributed by atoms with E-state index in [2.05, 4.69) is 5.32 Å². The van der Waals surface area contributed by atoms with E-state index in [0.29, 0.717) is 11.5 Å². The third-order valence-electron chi connectivity index (χ3n) is 3.09. The average Bonchev–Trinajstić information content (AvgIpc) is 2.55. The fourth-order valence-electron chi connectivity index (χ4n) is 1.95. The lowest BCUT2D eigenvalue weighted by atomic mass is 10.2. The molecule has 0 bridgehead atoms. The number of methoxy groups -OCH3 is 4. The highest BCUT2D eigenvalue weighted by molar-refractivity contribution is 5.72. The van der Waals surface area contributed by atoms with Crippen molar-refractivity contribution in [1.29, 1.82) is 0 Å². The average molecular weight is 289 g/mol. The molecule has 2 rings (SSSR count). The van der Waals surface area contributed by atoms with Crippen molar-refractivity contribution in [1.82, 2.24) is 0 Å². The van der Waals surface area contributed by atoms with Gasteiger partial charge >= 0.3 is 0 Å². The number of ether oxygens (including phenoxy) is 4. The molecule has 2 aromatic carbocycles. The lowest BCUT2D eigenvalue weighted by Crippen LogP contribution is -1.98. The monoisotopic (exact) mass is 289 g/mol. The standard InChI is InChI=1S/C16H19NO4/c1-18-11-5-7-13(15(9-11)20-3)17-14-8-6-12(19-2)10-16(14)21-4/h5-10,17H,1-4H3. The number of hydrogen-bond acceptors (Lipinski definition) is 5. The molecule has 0 fully saturated rings. The van der Waals surface area contributed by atoms with E-state index in [9.17, 15) is 0 Å². The molecule has 0 radical (unpaired) electrons. The summed E-state index contributed by atoms with van der Waals surface area (Å²) in [6.45, 7) is 0. The second-order valence-corrected chi connectivity index (χ2v) is 4.26. The van der Waals surface area contributed by atoms with Crippen LogP contribution in [0.3, 0.4) is 0 Å². The van der Waals surface area contributed by atoms with E-state index in [1.165, 1.54) is 0 Å². The van der Waals surface area contributed by atoms with E-state index < -0.39 is 0 Å². The molecule has 1 N–H and O–H groups in total. The highest BCUT2D eigenvalue weighted by atomic mass is 16.5. The molecule has 0 aliphatic rings. The van der Waals surface area contributed by atoms with Gasteiger partial charge in [-0.25, -0.2) is 0 Å². The Morgan fingerprint density at radius 1 is 0.619 bits per heavy atom. The van der Waals surface area contributed by atoms with Gasteiger partial charge in [-0.1, -0.05) is 0 Å². The van der Waals surface area contributed by atoms with E-state index in [-0.39, 0.29) is 0 Å². The van der Waals surface area contributed by atoms with Gasteiger partial charge in [-0.3, -0.25) is 0 Å². The first-order valence-corrected chi connectivity index (χ1v) is 6.43. The molecule has 112 valence electrons. The van der Waals surface area contributed by atoms with Crippen molar-refractivity contribution in [3.63, 3.8) is 0 Å². The van der Waals surface area contributed by atoms with Crippen molar-refractivity contribution in [3.05, 3.63) is 36.4 Å². The molecule has 0 spiro atoms. The fourth-order valence-corrected chi connectivity index (χ4v) is 1.95. The van der Waals surface area contributed by atoms with E-state index in [1.807, 2.05) is 36.4 Å². The van der Waals surface area contributed by atoms with Crippen molar-refractivity contribution in [2.75, 3.05) is 33.8 Å². The number of benzene rings is 2. The molecular weight excluding hydrogens is 270 g/mol. The van der Waals surface area contributed by atoms with Crippen LogP contribution >= 0.6 is 0 Å². The smallest absolute Gasteiger partial charge is 0.145 e. The third kappa shape index (κ3) is 3.31. The Hall–Kier alpha value is -2.56. The van der Waals surface area contributed by atoms with Gasteiger partial charge in [0.15, 0.2) is 0 Å². The first-order chi connectivity index (χ1) is 10.2. The molecule has 0 aliphatic heterocycles. The Labute approximate surface area is 124 Å². The maximum Gasteiger partial charge on any atom is 0.145 e. The normalized spacial score (nSPS) is 9.90. The first kappa shape index (κ1) is 14.8. The Balaban J connectivity index is 2.33. The van der Waals surface area contributed by atoms with Crippen molar-refractivity contribution in [2.24, 2.45) is 0 Å². The van der Waals surface area contributed by atoms with E-state index in [1.54, 1.807) is 28.4 Å². The Kier molecular flexibility index (Phi) is 4.77. The van der Waals surface area contributed by atoms with Crippen LogP contribution in [-0.2, 0) is 0 Å². The molecule has 21 heavy (non-hydrogen) atoms. The van der Waals surface area contributed by atoms with Crippen LogP contribution in [-0.4, -0.2) is 28.4 Å². The Morgan fingerprint density at radius 2 is 1.05 bits per heavy atom. The maximum absolute atomic E-state index is 5.37. The zero-order valence-corrected chi connectivity index (χ0v) is 12.6. The summed E-state index contributed by atoms with van der Waals surface area (Å²) >= 11 is 0. The van der Waals surface area contributed by atoms with Crippen molar-refractivity contribution in [3.8, 4) is 23.0 Å². The van der Waals surface area contributed by atoms with Gasteiger partial charge in [0.1, 0.15) is 23.0 Å². The number of rotatable bonds is 6. The van der Waals surface area contributed by atoms with Crippen molar-refractivity contribution in [2.45, 2.75) is 0 Å². The summed E-state index contributed by atoms with van der Waals surface area (Å²) < 4.78 is 21.1. The molecule has 0 unspecified atom stereocenters. The molecule has 0 heterocycles. The molecule has 5 nitrogen and oxygen atoms in total. The maximum atomic E-state index is 5.37. The van der Waals surface area contributed by atoms with Crippen LogP contribution in [0, 0.1) is 0 Å². The predicted molar refractivity (Wildman–Crippen MR) is 82.4 cm³/mol. The van der Waals surface area contributed by atoms with Crippen LogP contribution in [0.15, 0.2) is 36.4 Å². The van der Waals surface area contributed by atoms with Crippen molar-refractivity contribution < 1.29 is 18.9 Å². The lowest BCUT2D eigenvalue weighted by Gasteiger charge is -2.15. The summed E-state index contributed by atoms with van der Waals surface area (Å²) in [5, 5.41) is 3.28. The predicted octanol–water partition coefficient (Wildman–Crippen LogP) is 3.46. The Morgan fingerprint density at radius 3 is 1.38 bits per heavy atom. The zero-order valence-electron chi connectivity index (χ0n) is 12.6. The topological polar surface area (TPSA) is 49.0 Å². The molecule has 0 aromatic heterocycles. The van der Waals surface area contributed by atoms with E-state index >= 15 is 0 Å². The number of anilines is 2. The van der Waals surface area contributed by atoms with Crippen LogP contribution in [0.1, 0.15) is 0 Å². The molecule has 2 aromatic rings. The highest BCUT2D eigenvalue weighted by Gasteiger charge is 2.09. The highest BCUT2D eigenvalue weighted by Crippen LogP contribution is 2.36. The molecule has 0 amide bonds. The summed E-state index contributed by atoms with van der Waals surface area (Å²) in [5.74, 6) is 2.85. The summed E-state index contributed by atoms with van der Waals surface area (Å²) in [4.78, 5) is 0. The van der Waals surface area contributed by atoms with Crippen LogP contribution in [0.25, 0.3) is 0 Å². The fraction of sp³-hybridized carbons (Fsp3) is 0.250. The molecular formula is C16H19NO4. The van der Waals surface area contributed by atoms with Crippen LogP contribution in [0.5, 0.6) is 23.0 Å². The van der Waals surface area contributed by atoms with Crippen LogP contribution in [0.2, 0.25) is 0 Å². The van der Waals surface area contributed by atoms with E-state index in [4.69, 9.17) is 18.9 Å². The van der Waals surface area contributed by atoms with Gasteiger partial charge in [-0.05, 0) is 24.3 Å². The van der Waals surface area contributed by atoms with Crippen LogP contribution < -0.4 is 24.3 Å². The molecule has 0 saturated carbocycles. The number of hydrogen-bond donors (Lipinski definition) is 1. The van der Waals surface area contributed by atoms with Gasteiger partial charge in [0.05, 0.1) is 39.8 Å². The van der Waals surface area contributed by atoms with Gasteiger partial charge in [0.2, 0.25) is 0 Å². The quantitative estimate of drug-likeness (QED) is 0.882. The summed E-state index contributed by atoms with van der Waals surface area (Å²) in [7, 11) is 6.47. The van der Waals surface area contributed by atoms with Crippen molar-refractivity contribution >= 4 is 11.4 Å². The molecule has 0 aliphatic carbocycles. The largest absolute Gasteiger partial charge is 0.497 e. The summed E-state index contributed by atoms with van der Waals surface area (Å²) in [6.07, 6.45) is 0. The van der Waals surface area contributed by atoms with Crippen LogP contribution in [0.4, 0.5) is 11.4 Å². The molecule has 5 heteroatoms. The third-order valence-corrected chi connectivity index (χ3v) is 3.09. The minimum Gasteiger partial charge on any atom is -0.497 e. The minimum absolute atomic E-state index is 0.687. The SMILES string of the molecule is COc1ccc(Nc2ccc(OC)cc2OC)c(OC)c1. The minimum atomic E-state index is 0.687. The van der Waals surface area contributed by atoms with Gasteiger partial charge in [0, 0.05) is 12.1 Å². The first-order valence-electron chi connectivity index (χ1n) is 6.43. The second kappa shape index (κ2) is 6.74. The second-order valence-electron chi connectivity index (χ2n) is 4.26. The Bertz CT molecular complexity index is 560. The number of nitrogens with one attached hydrogen (secondary N) is 1. The molecule has 0 atom stereocenters. The van der Waals surface area contributed by atoms with Gasteiger partial charge in [-0.2, -0.15) is 0 Å². The zero-order chi connectivity index (χ0) is 15.2. The summed E-state index contributed by atoms with van der Waals surface area (Å²) in [5.41, 5.74) is 1.64. The van der Waals surface area contributed by atoms with Gasteiger partial charge < -0.3 is 24.3 Å². The van der Waals surface area contributed by atoms with Gasteiger partial charge in [0.25, 0.3) is 0 Å². The summed E-state index contributed by atoms with van der Waals surface area (Å²) in [6, 6.07) is 11.1.